The summed E-state index contributed by atoms with van der Waals surface area (Å²) in [6, 6.07) is 14.5. The zero-order valence-electron chi connectivity index (χ0n) is 12.3. The Hall–Kier alpha value is -1.52. The van der Waals surface area contributed by atoms with Crippen LogP contribution in [0.5, 0.6) is 0 Å². The van der Waals surface area contributed by atoms with E-state index in [1.165, 1.54) is 11.4 Å². The van der Waals surface area contributed by atoms with Gasteiger partial charge >= 0.3 is 0 Å². The van der Waals surface area contributed by atoms with E-state index in [-0.39, 0.29) is 0 Å². The number of benzene rings is 2. The molecule has 1 aliphatic heterocycles. The molecule has 3 nitrogen and oxygen atoms in total. The summed E-state index contributed by atoms with van der Waals surface area (Å²) in [5.41, 5.74) is 4.43. The van der Waals surface area contributed by atoms with E-state index in [4.69, 9.17) is 0 Å². The Bertz CT molecular complexity index is 657. The lowest BCUT2D eigenvalue weighted by Gasteiger charge is -2.38. The predicted molar refractivity (Wildman–Crippen MR) is 91.5 cm³/mol. The van der Waals surface area contributed by atoms with E-state index in [1.807, 2.05) is 19.1 Å². The van der Waals surface area contributed by atoms with Gasteiger partial charge in [0.2, 0.25) is 0 Å². The fourth-order valence-electron chi connectivity index (χ4n) is 2.86. The maximum Gasteiger partial charge on any atom is 0.0782 e. The Morgan fingerprint density at radius 3 is 2.48 bits per heavy atom. The molecule has 0 amide bonds. The molecular weight excluding hydrogens is 328 g/mol. The maximum absolute atomic E-state index is 10.1. The Balaban J connectivity index is 2.14. The van der Waals surface area contributed by atoms with Crippen molar-refractivity contribution in [2.24, 2.45) is 0 Å². The highest BCUT2D eigenvalue weighted by atomic mass is 79.9. The second-order valence-electron chi connectivity index (χ2n) is 5.44. The minimum atomic E-state index is -0.486. The molecule has 4 heteroatoms. The SMILES string of the molecule is CC(O)c1ccc(Br)cc1N1CCN(C)c2ccccc21. The van der Waals surface area contributed by atoms with Crippen molar-refractivity contribution >= 4 is 33.0 Å². The molecule has 1 aliphatic rings. The highest BCUT2D eigenvalue weighted by molar-refractivity contribution is 9.10. The van der Waals surface area contributed by atoms with Gasteiger partial charge in [-0.25, -0.2) is 0 Å². The van der Waals surface area contributed by atoms with Crippen LogP contribution < -0.4 is 9.80 Å². The molecular formula is C17H19BrN2O. The Morgan fingerprint density at radius 2 is 1.76 bits per heavy atom. The Labute approximate surface area is 133 Å². The van der Waals surface area contributed by atoms with Gasteiger partial charge in [-0.2, -0.15) is 0 Å². The van der Waals surface area contributed by atoms with Gasteiger partial charge in [-0.05, 0) is 31.2 Å². The van der Waals surface area contributed by atoms with Crippen molar-refractivity contribution in [2.45, 2.75) is 13.0 Å². The number of likely N-dealkylation sites (N-methyl/N-ethyl adjacent to an activating group) is 1. The fourth-order valence-corrected chi connectivity index (χ4v) is 3.21. The van der Waals surface area contributed by atoms with E-state index in [2.05, 4.69) is 63.1 Å². The van der Waals surface area contributed by atoms with Crippen molar-refractivity contribution in [2.75, 3.05) is 29.9 Å². The summed E-state index contributed by atoms with van der Waals surface area (Å²) in [5, 5.41) is 10.1. The van der Waals surface area contributed by atoms with E-state index in [1.54, 1.807) is 0 Å². The van der Waals surface area contributed by atoms with Crippen LogP contribution in [0.1, 0.15) is 18.6 Å². The molecule has 0 saturated heterocycles. The van der Waals surface area contributed by atoms with Crippen LogP contribution in [0.4, 0.5) is 17.1 Å². The van der Waals surface area contributed by atoms with Gasteiger partial charge in [0.15, 0.2) is 0 Å². The van der Waals surface area contributed by atoms with Crippen LogP contribution in [-0.4, -0.2) is 25.2 Å². The van der Waals surface area contributed by atoms with Gasteiger partial charge in [-0.3, -0.25) is 0 Å². The summed E-state index contributed by atoms with van der Waals surface area (Å²) in [7, 11) is 2.12. The molecule has 110 valence electrons. The molecule has 2 aromatic carbocycles. The minimum absolute atomic E-state index is 0.486. The Morgan fingerprint density at radius 1 is 1.05 bits per heavy atom. The first-order valence-corrected chi connectivity index (χ1v) is 7.92. The molecule has 1 atom stereocenters. The van der Waals surface area contributed by atoms with Gasteiger partial charge in [-0.1, -0.05) is 34.1 Å². The zero-order valence-corrected chi connectivity index (χ0v) is 13.8. The van der Waals surface area contributed by atoms with Gasteiger partial charge in [0.1, 0.15) is 0 Å². The van der Waals surface area contributed by atoms with Crippen molar-refractivity contribution < 1.29 is 5.11 Å². The number of nitrogens with zero attached hydrogens (tertiary/aromatic N) is 2. The summed E-state index contributed by atoms with van der Waals surface area (Å²) >= 11 is 3.55. The second kappa shape index (κ2) is 5.70. The van der Waals surface area contributed by atoms with Crippen LogP contribution >= 0.6 is 15.9 Å². The average Bonchev–Trinajstić information content (AvgIpc) is 2.47. The predicted octanol–water partition coefficient (Wildman–Crippen LogP) is 4.09. The molecule has 0 spiro atoms. The normalized spacial score (nSPS) is 15.8. The maximum atomic E-state index is 10.1. The Kier molecular flexibility index (Phi) is 3.91. The first-order chi connectivity index (χ1) is 10.1. The molecule has 0 aromatic heterocycles. The van der Waals surface area contributed by atoms with Gasteiger partial charge in [0.25, 0.3) is 0 Å². The van der Waals surface area contributed by atoms with Gasteiger partial charge in [0, 0.05) is 35.9 Å². The summed E-state index contributed by atoms with van der Waals surface area (Å²) in [5.74, 6) is 0. The number of rotatable bonds is 2. The molecule has 1 unspecified atom stereocenters. The molecule has 0 saturated carbocycles. The molecule has 3 rings (SSSR count). The van der Waals surface area contributed by atoms with Gasteiger partial charge in [-0.15, -0.1) is 0 Å². The molecule has 1 heterocycles. The lowest BCUT2D eigenvalue weighted by atomic mass is 10.0. The third kappa shape index (κ3) is 2.65. The quantitative estimate of drug-likeness (QED) is 0.886. The molecule has 0 aliphatic carbocycles. The topological polar surface area (TPSA) is 26.7 Å². The van der Waals surface area contributed by atoms with Gasteiger partial charge < -0.3 is 14.9 Å². The smallest absolute Gasteiger partial charge is 0.0782 e. The number of aliphatic hydroxyl groups excluding tert-OH is 1. The van der Waals surface area contributed by atoms with Gasteiger partial charge in [0.05, 0.1) is 17.5 Å². The van der Waals surface area contributed by atoms with E-state index >= 15 is 0 Å². The standard InChI is InChI=1S/C17H19BrN2O/c1-12(21)14-8-7-13(18)11-17(14)20-10-9-19(2)15-5-3-4-6-16(15)20/h3-8,11-12,21H,9-10H2,1-2H3. The number of fused-ring (bicyclic) bond motifs is 1. The molecule has 0 radical (unpaired) electrons. The average molecular weight is 347 g/mol. The molecule has 0 fully saturated rings. The first kappa shape index (κ1) is 14.4. The largest absolute Gasteiger partial charge is 0.389 e. The number of hydrogen-bond acceptors (Lipinski definition) is 3. The lowest BCUT2D eigenvalue weighted by Crippen LogP contribution is -2.36. The van der Waals surface area contributed by atoms with Crippen molar-refractivity contribution in [3.05, 3.63) is 52.5 Å². The van der Waals surface area contributed by atoms with Crippen LogP contribution in [0.25, 0.3) is 0 Å². The van der Waals surface area contributed by atoms with E-state index in [0.29, 0.717) is 0 Å². The van der Waals surface area contributed by atoms with Crippen LogP contribution in [0, 0.1) is 0 Å². The molecule has 1 N–H and O–H groups in total. The highest BCUT2D eigenvalue weighted by Gasteiger charge is 2.23. The minimum Gasteiger partial charge on any atom is -0.389 e. The third-order valence-electron chi connectivity index (χ3n) is 3.98. The van der Waals surface area contributed by atoms with E-state index in [0.717, 1.165) is 28.8 Å². The van der Waals surface area contributed by atoms with Crippen molar-refractivity contribution in [3.8, 4) is 0 Å². The number of aliphatic hydroxyl groups is 1. The van der Waals surface area contributed by atoms with Crippen LogP contribution in [0.2, 0.25) is 0 Å². The zero-order chi connectivity index (χ0) is 15.0. The molecule has 21 heavy (non-hydrogen) atoms. The summed E-state index contributed by atoms with van der Waals surface area (Å²) in [4.78, 5) is 4.56. The fraction of sp³-hybridized carbons (Fsp3) is 0.294. The lowest BCUT2D eigenvalue weighted by molar-refractivity contribution is 0.199. The molecule has 0 bridgehead atoms. The number of halogens is 1. The van der Waals surface area contributed by atoms with Crippen molar-refractivity contribution in [1.82, 2.24) is 0 Å². The summed E-state index contributed by atoms with van der Waals surface area (Å²) in [6.45, 7) is 3.68. The highest BCUT2D eigenvalue weighted by Crippen LogP contribution is 2.40. The van der Waals surface area contributed by atoms with E-state index < -0.39 is 6.10 Å². The summed E-state index contributed by atoms with van der Waals surface area (Å²) < 4.78 is 1.03. The first-order valence-electron chi connectivity index (χ1n) is 7.13. The molecule has 2 aromatic rings. The van der Waals surface area contributed by atoms with Crippen LogP contribution in [-0.2, 0) is 0 Å². The number of anilines is 3. The van der Waals surface area contributed by atoms with Crippen LogP contribution in [0.15, 0.2) is 46.9 Å². The second-order valence-corrected chi connectivity index (χ2v) is 6.36. The summed E-state index contributed by atoms with van der Waals surface area (Å²) in [6.07, 6.45) is -0.486. The van der Waals surface area contributed by atoms with Crippen molar-refractivity contribution in [1.29, 1.82) is 0 Å². The monoisotopic (exact) mass is 346 g/mol. The third-order valence-corrected chi connectivity index (χ3v) is 4.47. The van der Waals surface area contributed by atoms with Crippen LogP contribution in [0.3, 0.4) is 0 Å². The number of hydrogen-bond donors (Lipinski definition) is 1. The van der Waals surface area contributed by atoms with Crippen molar-refractivity contribution in [3.63, 3.8) is 0 Å². The number of para-hydroxylation sites is 2. The van der Waals surface area contributed by atoms with E-state index in [9.17, 15) is 5.11 Å².